The van der Waals surface area contributed by atoms with E-state index in [2.05, 4.69) is 63.2 Å². The third-order valence-corrected chi connectivity index (χ3v) is 6.65. The molecule has 0 amide bonds. The van der Waals surface area contributed by atoms with Gasteiger partial charge in [-0.2, -0.15) is 5.10 Å². The van der Waals surface area contributed by atoms with Crippen LogP contribution in [0.25, 0.3) is 0 Å². The fraction of sp³-hybridized carbons (Fsp3) is 0.700. The van der Waals surface area contributed by atoms with Crippen molar-refractivity contribution in [3.8, 4) is 0 Å². The maximum Gasteiger partial charge on any atom is 0.260 e. The summed E-state index contributed by atoms with van der Waals surface area (Å²) in [7, 11) is -1.95. The van der Waals surface area contributed by atoms with Crippen LogP contribution in [0.4, 0.5) is 0 Å². The van der Waals surface area contributed by atoms with Gasteiger partial charge < -0.3 is 4.90 Å². The minimum atomic E-state index is -3.66. The first-order valence-corrected chi connectivity index (χ1v) is 11.3. The highest BCUT2D eigenvalue weighted by molar-refractivity contribution is 7.89. The summed E-state index contributed by atoms with van der Waals surface area (Å²) in [6.45, 7) is 15.8. The zero-order chi connectivity index (χ0) is 21.1. The van der Waals surface area contributed by atoms with Gasteiger partial charge in [0.2, 0.25) is 0 Å². The van der Waals surface area contributed by atoms with Crippen LogP contribution in [0.1, 0.15) is 54.9 Å². The van der Waals surface area contributed by atoms with Crippen LogP contribution in [-0.2, 0) is 17.1 Å². The summed E-state index contributed by atoms with van der Waals surface area (Å²) in [6, 6.07) is 1.40. The van der Waals surface area contributed by atoms with E-state index < -0.39 is 10.0 Å². The van der Waals surface area contributed by atoms with Crippen molar-refractivity contribution in [2.24, 2.45) is 22.9 Å². The van der Waals surface area contributed by atoms with E-state index in [4.69, 9.17) is 4.99 Å². The van der Waals surface area contributed by atoms with E-state index in [0.29, 0.717) is 13.0 Å². The van der Waals surface area contributed by atoms with Crippen LogP contribution in [-0.4, -0.2) is 47.6 Å². The third-order valence-electron chi connectivity index (χ3n) is 5.23. The second-order valence-electron chi connectivity index (χ2n) is 9.95. The molecule has 156 valence electrons. The standard InChI is InChI=1S/C20H33N5O2S/c1-13-17(19(2,3)4)15-11-14(12-25(15)18(21-13)20(5,6)7)23-28(26,27)16-9-10-24(8)22-16/h9-10,13-14,23H,11-12H2,1-8H3/t13-,14-/m0/s1. The summed E-state index contributed by atoms with van der Waals surface area (Å²) in [4.78, 5) is 7.27. The fourth-order valence-electron chi connectivity index (χ4n) is 4.32. The van der Waals surface area contributed by atoms with Crippen LogP contribution >= 0.6 is 0 Å². The number of sulfonamides is 1. The van der Waals surface area contributed by atoms with Gasteiger partial charge in [-0.05, 0) is 24.0 Å². The van der Waals surface area contributed by atoms with Gasteiger partial charge in [0.05, 0.1) is 6.04 Å². The zero-order valence-electron chi connectivity index (χ0n) is 18.2. The van der Waals surface area contributed by atoms with E-state index in [-0.39, 0.29) is 27.9 Å². The van der Waals surface area contributed by atoms with Crippen LogP contribution in [0, 0.1) is 10.8 Å². The van der Waals surface area contributed by atoms with E-state index in [1.165, 1.54) is 22.0 Å². The Bertz CT molecular complexity index is 929. The van der Waals surface area contributed by atoms with E-state index in [1.807, 2.05) is 0 Å². The maximum absolute atomic E-state index is 12.8. The van der Waals surface area contributed by atoms with Crippen LogP contribution in [0.5, 0.6) is 0 Å². The number of aryl methyl sites for hydroxylation is 1. The average molecular weight is 408 g/mol. The normalized spacial score (nSPS) is 23.9. The Morgan fingerprint density at radius 2 is 1.79 bits per heavy atom. The summed E-state index contributed by atoms with van der Waals surface area (Å²) in [5.74, 6) is 1.03. The molecule has 8 heteroatoms. The predicted molar refractivity (Wildman–Crippen MR) is 111 cm³/mol. The summed E-state index contributed by atoms with van der Waals surface area (Å²) in [6.07, 6.45) is 2.30. The first kappa shape index (κ1) is 21.0. The van der Waals surface area contributed by atoms with Crippen molar-refractivity contribution in [3.05, 3.63) is 23.5 Å². The SMILES string of the molecule is C[C@@H]1N=C(C(C)(C)C)N2C[C@@H](NS(=O)(=O)c3ccn(C)n3)CC2=C1C(C)(C)C. The number of nitrogens with zero attached hydrogens (tertiary/aromatic N) is 4. The summed E-state index contributed by atoms with van der Waals surface area (Å²) >= 11 is 0. The number of hydrogen-bond donors (Lipinski definition) is 1. The first-order valence-electron chi connectivity index (χ1n) is 9.81. The van der Waals surface area contributed by atoms with E-state index in [0.717, 1.165) is 5.84 Å². The molecule has 3 rings (SSSR count). The number of nitrogens with one attached hydrogen (secondary N) is 1. The highest BCUT2D eigenvalue weighted by Crippen LogP contribution is 2.43. The van der Waals surface area contributed by atoms with Crippen molar-refractivity contribution < 1.29 is 8.42 Å². The van der Waals surface area contributed by atoms with E-state index in [9.17, 15) is 8.42 Å². The molecule has 0 aromatic carbocycles. The molecule has 0 unspecified atom stereocenters. The van der Waals surface area contributed by atoms with Gasteiger partial charge in [-0.15, -0.1) is 0 Å². The van der Waals surface area contributed by atoms with Crippen molar-refractivity contribution in [2.45, 2.75) is 72.0 Å². The zero-order valence-corrected chi connectivity index (χ0v) is 19.1. The molecule has 0 radical (unpaired) electrons. The monoisotopic (exact) mass is 407 g/mol. The predicted octanol–water partition coefficient (Wildman–Crippen LogP) is 2.92. The largest absolute Gasteiger partial charge is 0.332 e. The second-order valence-corrected chi connectivity index (χ2v) is 11.6. The number of amidine groups is 1. The van der Waals surface area contributed by atoms with Crippen molar-refractivity contribution in [2.75, 3.05) is 6.54 Å². The number of hydrogen-bond acceptors (Lipinski definition) is 5. The number of fused-ring (bicyclic) bond motifs is 1. The minimum absolute atomic E-state index is 0.0331. The molecule has 1 aromatic rings. The smallest absolute Gasteiger partial charge is 0.260 e. The Balaban J connectivity index is 1.96. The Hall–Kier alpha value is -1.67. The number of aromatic nitrogens is 2. The van der Waals surface area contributed by atoms with Crippen molar-refractivity contribution in [1.82, 2.24) is 19.4 Å². The molecule has 0 bridgehead atoms. The maximum atomic E-state index is 12.8. The van der Waals surface area contributed by atoms with Crippen LogP contribution in [0.15, 0.2) is 33.6 Å². The first-order chi connectivity index (χ1) is 12.7. The molecule has 1 aromatic heterocycles. The Morgan fingerprint density at radius 3 is 2.29 bits per heavy atom. The highest BCUT2D eigenvalue weighted by atomic mass is 32.2. The Labute approximate surface area is 169 Å². The molecule has 2 aliphatic rings. The molecule has 0 saturated carbocycles. The van der Waals surface area contributed by atoms with Gasteiger partial charge >= 0.3 is 0 Å². The lowest BCUT2D eigenvalue weighted by atomic mass is 9.79. The molecule has 0 aliphatic carbocycles. The van der Waals surface area contributed by atoms with Gasteiger partial charge in [0, 0.05) is 43.4 Å². The van der Waals surface area contributed by atoms with Crippen LogP contribution in [0.2, 0.25) is 0 Å². The number of rotatable bonds is 3. The highest BCUT2D eigenvalue weighted by Gasteiger charge is 2.43. The number of aliphatic imine (C=N–C) groups is 1. The lowest BCUT2D eigenvalue weighted by Gasteiger charge is -2.41. The van der Waals surface area contributed by atoms with Gasteiger partial charge in [-0.3, -0.25) is 9.67 Å². The molecule has 3 heterocycles. The summed E-state index contributed by atoms with van der Waals surface area (Å²) in [5.41, 5.74) is 2.36. The van der Waals surface area contributed by atoms with Crippen molar-refractivity contribution >= 4 is 15.9 Å². The van der Waals surface area contributed by atoms with Crippen molar-refractivity contribution in [3.63, 3.8) is 0 Å². The van der Waals surface area contributed by atoms with Gasteiger partial charge in [0.25, 0.3) is 10.0 Å². The van der Waals surface area contributed by atoms with Gasteiger partial charge in [-0.25, -0.2) is 13.1 Å². The molecule has 1 saturated heterocycles. The Morgan fingerprint density at radius 1 is 1.14 bits per heavy atom. The average Bonchev–Trinajstić information content (AvgIpc) is 3.09. The molecule has 28 heavy (non-hydrogen) atoms. The lowest BCUT2D eigenvalue weighted by molar-refractivity contribution is 0.393. The quantitative estimate of drug-likeness (QED) is 0.835. The van der Waals surface area contributed by atoms with E-state index in [1.54, 1.807) is 13.2 Å². The second kappa shape index (κ2) is 6.69. The minimum Gasteiger partial charge on any atom is -0.332 e. The third kappa shape index (κ3) is 3.89. The molecule has 7 nitrogen and oxygen atoms in total. The van der Waals surface area contributed by atoms with Crippen LogP contribution < -0.4 is 4.72 Å². The molecule has 0 spiro atoms. The molecule has 1 fully saturated rings. The molecule has 1 N–H and O–H groups in total. The van der Waals surface area contributed by atoms with Gasteiger partial charge in [0.1, 0.15) is 5.84 Å². The van der Waals surface area contributed by atoms with Gasteiger partial charge in [-0.1, -0.05) is 41.5 Å². The van der Waals surface area contributed by atoms with Gasteiger partial charge in [0.15, 0.2) is 5.03 Å². The molecular weight excluding hydrogens is 374 g/mol. The molecule has 2 atom stereocenters. The summed E-state index contributed by atoms with van der Waals surface area (Å²) < 4.78 is 29.9. The topological polar surface area (TPSA) is 79.6 Å². The lowest BCUT2D eigenvalue weighted by Crippen LogP contribution is -2.45. The van der Waals surface area contributed by atoms with E-state index >= 15 is 0 Å². The fourth-order valence-corrected chi connectivity index (χ4v) is 5.51. The molecule has 2 aliphatic heterocycles. The van der Waals surface area contributed by atoms with Crippen LogP contribution in [0.3, 0.4) is 0 Å². The summed E-state index contributed by atoms with van der Waals surface area (Å²) in [5, 5.41) is 4.11. The van der Waals surface area contributed by atoms with Crippen molar-refractivity contribution in [1.29, 1.82) is 0 Å². The molecular formula is C20H33N5O2S. The Kier molecular flexibility index (Phi) is 5.03.